The maximum atomic E-state index is 13.3. The number of likely N-dealkylation sites (tertiary alicyclic amines) is 1. The number of carbonyl (C=O) groups excluding carboxylic acids is 2. The van der Waals surface area contributed by atoms with Gasteiger partial charge in [-0.3, -0.25) is 4.79 Å². The van der Waals surface area contributed by atoms with Crippen molar-refractivity contribution in [2.75, 3.05) is 13.1 Å². The summed E-state index contributed by atoms with van der Waals surface area (Å²) in [6.45, 7) is 6.94. The van der Waals surface area contributed by atoms with Gasteiger partial charge < -0.3 is 10.2 Å². The number of thiazole rings is 2. The summed E-state index contributed by atoms with van der Waals surface area (Å²) in [5.74, 6) is 0.204. The van der Waals surface area contributed by atoms with Crippen molar-refractivity contribution in [2.45, 2.75) is 45.6 Å². The summed E-state index contributed by atoms with van der Waals surface area (Å²) in [7, 11) is 0. The molecule has 162 valence electrons. The number of hydrogen-bond donors (Lipinski definition) is 1. The second-order valence-electron chi connectivity index (χ2n) is 7.76. The lowest BCUT2D eigenvalue weighted by atomic mass is 9.95. The van der Waals surface area contributed by atoms with Crippen molar-refractivity contribution >= 4 is 34.5 Å². The zero-order valence-electron chi connectivity index (χ0n) is 17.9. The fraction of sp³-hybridized carbons (Fsp3) is 0.391. The fourth-order valence-corrected chi connectivity index (χ4v) is 5.87. The first-order valence-electron chi connectivity index (χ1n) is 10.5. The number of amides is 2. The average Bonchev–Trinajstić information content (AvgIpc) is 3.47. The summed E-state index contributed by atoms with van der Waals surface area (Å²) in [5, 5.41) is 6.64. The summed E-state index contributed by atoms with van der Waals surface area (Å²) in [5.41, 5.74) is 3.01. The number of urea groups is 1. The van der Waals surface area contributed by atoms with Crippen LogP contribution in [0.25, 0.3) is 10.6 Å². The Bertz CT molecular complexity index is 1080. The van der Waals surface area contributed by atoms with Crippen LogP contribution in [-0.4, -0.2) is 45.8 Å². The van der Waals surface area contributed by atoms with E-state index in [0.29, 0.717) is 19.5 Å². The van der Waals surface area contributed by atoms with Crippen LogP contribution in [0.1, 0.15) is 40.5 Å². The molecule has 2 atom stereocenters. The molecule has 0 spiro atoms. The molecule has 31 heavy (non-hydrogen) atoms. The van der Waals surface area contributed by atoms with E-state index in [-0.39, 0.29) is 24.2 Å². The lowest BCUT2D eigenvalue weighted by Gasteiger charge is -2.23. The van der Waals surface area contributed by atoms with E-state index < -0.39 is 6.04 Å². The number of Topliss-reactive ketones (excluding diaryl/α,β-unsaturated/α-hetero) is 1. The fourth-order valence-electron chi connectivity index (χ4n) is 4.12. The van der Waals surface area contributed by atoms with E-state index in [0.717, 1.165) is 26.3 Å². The van der Waals surface area contributed by atoms with Crippen molar-refractivity contribution in [3.8, 4) is 10.6 Å². The molecule has 1 N–H and O–H groups in total. The first-order chi connectivity index (χ1) is 15.0. The van der Waals surface area contributed by atoms with Gasteiger partial charge in [-0.1, -0.05) is 30.3 Å². The van der Waals surface area contributed by atoms with Crippen LogP contribution in [-0.2, 0) is 11.2 Å². The van der Waals surface area contributed by atoms with Gasteiger partial charge in [-0.05, 0) is 32.8 Å². The molecule has 0 radical (unpaired) electrons. The Morgan fingerprint density at radius 1 is 1.19 bits per heavy atom. The summed E-state index contributed by atoms with van der Waals surface area (Å²) in [6, 6.07) is 9.52. The van der Waals surface area contributed by atoms with Crippen molar-refractivity contribution < 1.29 is 9.59 Å². The van der Waals surface area contributed by atoms with Gasteiger partial charge in [-0.25, -0.2) is 14.8 Å². The van der Waals surface area contributed by atoms with E-state index in [2.05, 4.69) is 22.4 Å². The molecule has 0 unspecified atom stereocenters. The number of aryl methyl sites for hydroxylation is 2. The maximum Gasteiger partial charge on any atom is 0.318 e. The van der Waals surface area contributed by atoms with Crippen LogP contribution in [0.15, 0.2) is 35.7 Å². The van der Waals surface area contributed by atoms with Crippen molar-refractivity contribution in [1.29, 1.82) is 0 Å². The maximum absolute atomic E-state index is 13.3. The third-order valence-electron chi connectivity index (χ3n) is 5.55. The predicted molar refractivity (Wildman–Crippen MR) is 125 cm³/mol. The third kappa shape index (κ3) is 4.70. The Labute approximate surface area is 190 Å². The standard InChI is InChI=1S/C23H26N4O2S2/c1-4-24-23(29)27-12-17(16-8-6-5-7-9-16)10-19(27)20(28)11-21-26-18(13-30-21)22-14(2)25-15(3)31-22/h5-9,13,17,19H,4,10-12H2,1-3H3,(H,24,29)/t17-,19+/m1/s1. The summed E-state index contributed by atoms with van der Waals surface area (Å²) in [4.78, 5) is 37.9. The van der Waals surface area contributed by atoms with Crippen molar-refractivity contribution in [2.24, 2.45) is 0 Å². The van der Waals surface area contributed by atoms with Gasteiger partial charge in [-0.15, -0.1) is 22.7 Å². The average molecular weight is 455 g/mol. The SMILES string of the molecule is CCNC(=O)N1C[C@H](c2ccccc2)C[C@H]1C(=O)Cc1nc(-c2sc(C)nc2C)cs1. The van der Waals surface area contributed by atoms with Gasteiger partial charge in [0, 0.05) is 24.4 Å². The number of aromatic nitrogens is 2. The lowest BCUT2D eigenvalue weighted by Crippen LogP contribution is -2.46. The normalized spacial score (nSPS) is 18.4. The first-order valence-corrected chi connectivity index (χ1v) is 12.2. The highest BCUT2D eigenvalue weighted by Crippen LogP contribution is 2.34. The van der Waals surface area contributed by atoms with E-state index in [1.54, 1.807) is 16.2 Å². The Morgan fingerprint density at radius 2 is 1.97 bits per heavy atom. The molecule has 0 saturated carbocycles. The van der Waals surface area contributed by atoms with E-state index in [1.807, 2.05) is 44.4 Å². The number of hydrogen-bond acceptors (Lipinski definition) is 6. The number of benzene rings is 1. The van der Waals surface area contributed by atoms with Crippen molar-refractivity contribution in [1.82, 2.24) is 20.2 Å². The van der Waals surface area contributed by atoms with Gasteiger partial charge in [0.15, 0.2) is 5.78 Å². The van der Waals surface area contributed by atoms with Crippen LogP contribution in [0, 0.1) is 13.8 Å². The van der Waals surface area contributed by atoms with E-state index in [1.165, 1.54) is 16.9 Å². The monoisotopic (exact) mass is 454 g/mol. The van der Waals surface area contributed by atoms with Crippen LogP contribution in [0.2, 0.25) is 0 Å². The summed E-state index contributed by atoms with van der Waals surface area (Å²) in [6.07, 6.45) is 0.884. The Kier molecular flexibility index (Phi) is 6.48. The van der Waals surface area contributed by atoms with Crippen LogP contribution >= 0.6 is 22.7 Å². The number of nitrogens with one attached hydrogen (secondary N) is 1. The van der Waals surface area contributed by atoms with Crippen LogP contribution < -0.4 is 5.32 Å². The van der Waals surface area contributed by atoms with Crippen LogP contribution in [0.3, 0.4) is 0 Å². The molecule has 1 saturated heterocycles. The molecular weight excluding hydrogens is 428 g/mol. The minimum atomic E-state index is -0.434. The Hall–Kier alpha value is -2.58. The lowest BCUT2D eigenvalue weighted by molar-refractivity contribution is -0.121. The van der Waals surface area contributed by atoms with Crippen LogP contribution in [0.5, 0.6) is 0 Å². The zero-order valence-corrected chi connectivity index (χ0v) is 19.6. The molecule has 2 amide bonds. The Morgan fingerprint density at radius 3 is 2.65 bits per heavy atom. The molecule has 0 bridgehead atoms. The van der Waals surface area contributed by atoms with E-state index in [9.17, 15) is 9.59 Å². The quantitative estimate of drug-likeness (QED) is 0.591. The second-order valence-corrected chi connectivity index (χ2v) is 9.91. The highest BCUT2D eigenvalue weighted by molar-refractivity contribution is 7.16. The molecule has 6 nitrogen and oxygen atoms in total. The molecule has 4 rings (SSSR count). The van der Waals surface area contributed by atoms with Gasteiger partial charge in [0.2, 0.25) is 0 Å². The number of carbonyl (C=O) groups is 2. The highest BCUT2D eigenvalue weighted by Gasteiger charge is 2.39. The van der Waals surface area contributed by atoms with Gasteiger partial charge in [-0.2, -0.15) is 0 Å². The molecule has 3 aromatic rings. The van der Waals surface area contributed by atoms with Gasteiger partial charge in [0.1, 0.15) is 5.01 Å². The smallest absolute Gasteiger partial charge is 0.318 e. The van der Waals surface area contributed by atoms with E-state index in [4.69, 9.17) is 4.98 Å². The Balaban J connectivity index is 1.51. The number of rotatable bonds is 6. The van der Waals surface area contributed by atoms with Crippen molar-refractivity contribution in [3.63, 3.8) is 0 Å². The number of nitrogens with zero attached hydrogens (tertiary/aromatic N) is 3. The second kappa shape index (κ2) is 9.28. The largest absolute Gasteiger partial charge is 0.338 e. The molecule has 1 aliphatic rings. The van der Waals surface area contributed by atoms with Crippen LogP contribution in [0.4, 0.5) is 4.79 Å². The summed E-state index contributed by atoms with van der Waals surface area (Å²) < 4.78 is 0. The zero-order chi connectivity index (χ0) is 22.0. The third-order valence-corrected chi connectivity index (χ3v) is 7.49. The topological polar surface area (TPSA) is 75.2 Å². The van der Waals surface area contributed by atoms with Gasteiger partial charge in [0.05, 0.1) is 33.7 Å². The summed E-state index contributed by atoms with van der Waals surface area (Å²) >= 11 is 3.11. The van der Waals surface area contributed by atoms with Crippen molar-refractivity contribution in [3.05, 3.63) is 57.0 Å². The molecule has 0 aliphatic carbocycles. The first kappa shape index (κ1) is 21.6. The molecular formula is C23H26N4O2S2. The number of ketones is 1. The minimum Gasteiger partial charge on any atom is -0.338 e. The molecule has 8 heteroatoms. The highest BCUT2D eigenvalue weighted by atomic mass is 32.1. The van der Waals surface area contributed by atoms with Gasteiger partial charge in [0.25, 0.3) is 0 Å². The molecule has 3 heterocycles. The predicted octanol–water partition coefficient (Wildman–Crippen LogP) is 4.58. The molecule has 1 aromatic carbocycles. The molecule has 2 aromatic heterocycles. The van der Waals surface area contributed by atoms with E-state index >= 15 is 0 Å². The van der Waals surface area contributed by atoms with Gasteiger partial charge >= 0.3 is 6.03 Å². The molecule has 1 fully saturated rings. The molecule has 1 aliphatic heterocycles. The minimum absolute atomic E-state index is 0.0443.